The third kappa shape index (κ3) is 5.56. The summed E-state index contributed by atoms with van der Waals surface area (Å²) in [5.74, 6) is 1.96. The van der Waals surface area contributed by atoms with E-state index in [0.717, 1.165) is 32.1 Å². The molecule has 186 valence electrons. The van der Waals surface area contributed by atoms with Crippen molar-refractivity contribution >= 4 is 44.6 Å². The summed E-state index contributed by atoms with van der Waals surface area (Å²) in [6.45, 7) is 6.41. The first-order valence-corrected chi connectivity index (χ1v) is 13.5. The van der Waals surface area contributed by atoms with Crippen LogP contribution >= 0.6 is 27.5 Å². The van der Waals surface area contributed by atoms with Crippen LogP contribution in [-0.4, -0.2) is 28.6 Å². The molecular formula is C27H31BrClN3O3. The molecule has 1 aliphatic carbocycles. The molecule has 1 aliphatic rings. The number of aromatic nitrogens is 2. The Bertz CT molecular complexity index is 1280. The van der Waals surface area contributed by atoms with Crippen LogP contribution in [0, 0.1) is 0 Å². The number of para-hydroxylation sites is 1. The number of ether oxygens (including phenoxy) is 2. The van der Waals surface area contributed by atoms with Gasteiger partial charge in [0, 0.05) is 16.0 Å². The van der Waals surface area contributed by atoms with Crippen LogP contribution < -0.4 is 15.0 Å². The summed E-state index contributed by atoms with van der Waals surface area (Å²) in [6, 6.07) is 9.27. The van der Waals surface area contributed by atoms with Gasteiger partial charge in [0.15, 0.2) is 11.5 Å². The van der Waals surface area contributed by atoms with Gasteiger partial charge < -0.3 is 9.47 Å². The lowest BCUT2D eigenvalue weighted by molar-refractivity contribution is 0.203. The van der Waals surface area contributed by atoms with Crippen LogP contribution in [0.5, 0.6) is 11.5 Å². The van der Waals surface area contributed by atoms with Crippen LogP contribution in [-0.2, 0) is 0 Å². The molecule has 0 bridgehead atoms. The van der Waals surface area contributed by atoms with E-state index in [9.17, 15) is 4.79 Å². The number of benzene rings is 2. The number of hydrogen-bond acceptors (Lipinski definition) is 5. The molecule has 1 saturated carbocycles. The summed E-state index contributed by atoms with van der Waals surface area (Å²) in [7, 11) is 0. The molecule has 0 radical (unpaired) electrons. The Kier molecular flexibility index (Phi) is 8.50. The molecule has 35 heavy (non-hydrogen) atoms. The molecule has 6 nitrogen and oxygen atoms in total. The summed E-state index contributed by atoms with van der Waals surface area (Å²) in [5.41, 5.74) is 1.22. The van der Waals surface area contributed by atoms with Crippen LogP contribution in [0.15, 0.2) is 44.7 Å². The van der Waals surface area contributed by atoms with E-state index in [1.54, 1.807) is 12.3 Å². The van der Waals surface area contributed by atoms with Gasteiger partial charge in [0.1, 0.15) is 10.8 Å². The Hall–Kier alpha value is -2.38. The largest absolute Gasteiger partial charge is 0.490 e. The molecule has 1 aromatic heterocycles. The molecule has 0 aliphatic heterocycles. The topological polar surface area (TPSA) is 65.7 Å². The van der Waals surface area contributed by atoms with Gasteiger partial charge in [-0.25, -0.2) is 4.98 Å². The molecule has 4 rings (SSSR count). The lowest BCUT2D eigenvalue weighted by atomic mass is 9.88. The molecule has 1 heterocycles. The first kappa shape index (κ1) is 25.7. The quantitative estimate of drug-likeness (QED) is 0.271. The van der Waals surface area contributed by atoms with Crippen molar-refractivity contribution in [2.75, 3.05) is 6.61 Å². The van der Waals surface area contributed by atoms with E-state index >= 15 is 0 Å². The fraction of sp³-hybridized carbons (Fsp3) is 0.444. The van der Waals surface area contributed by atoms with Gasteiger partial charge >= 0.3 is 0 Å². The molecule has 0 spiro atoms. The summed E-state index contributed by atoms with van der Waals surface area (Å²) in [5, 5.41) is 5.60. The lowest BCUT2D eigenvalue weighted by Crippen LogP contribution is -2.25. The second-order valence-electron chi connectivity index (χ2n) is 8.87. The monoisotopic (exact) mass is 559 g/mol. The van der Waals surface area contributed by atoms with E-state index in [1.165, 1.54) is 11.1 Å². The molecule has 0 saturated heterocycles. The van der Waals surface area contributed by atoms with Crippen LogP contribution in [0.2, 0.25) is 5.02 Å². The fourth-order valence-corrected chi connectivity index (χ4v) is 5.00. The predicted octanol–water partition coefficient (Wildman–Crippen LogP) is 7.32. The van der Waals surface area contributed by atoms with Gasteiger partial charge in [-0.3, -0.25) is 4.79 Å². The number of nitrogens with zero attached hydrogens (tertiary/aromatic N) is 3. The minimum atomic E-state index is -0.170. The first-order valence-electron chi connectivity index (χ1n) is 12.3. The van der Waals surface area contributed by atoms with E-state index in [1.807, 2.05) is 45.0 Å². The SMILES string of the molecule is CCOc1cc(C=Nn2c(C3CCCCC3)nc3ccccc3c2=O)c(Br)c(Cl)c1O[C@H](C)CC. The van der Waals surface area contributed by atoms with Crippen molar-refractivity contribution in [2.45, 2.75) is 71.3 Å². The average Bonchev–Trinajstić information content (AvgIpc) is 2.88. The van der Waals surface area contributed by atoms with Gasteiger partial charge in [-0.1, -0.05) is 49.9 Å². The van der Waals surface area contributed by atoms with Gasteiger partial charge in [-0.15, -0.1) is 0 Å². The van der Waals surface area contributed by atoms with E-state index < -0.39 is 0 Å². The number of fused-ring (bicyclic) bond motifs is 1. The van der Waals surface area contributed by atoms with E-state index in [2.05, 4.69) is 21.0 Å². The summed E-state index contributed by atoms with van der Waals surface area (Å²) in [6.07, 6.45) is 7.95. The second-order valence-corrected chi connectivity index (χ2v) is 10.0. The smallest absolute Gasteiger partial charge is 0.282 e. The third-order valence-corrected chi connectivity index (χ3v) is 7.85. The number of hydrogen-bond donors (Lipinski definition) is 0. The Balaban J connectivity index is 1.82. The number of rotatable bonds is 8. The van der Waals surface area contributed by atoms with Crippen molar-refractivity contribution in [3.8, 4) is 11.5 Å². The van der Waals surface area contributed by atoms with Crippen molar-refractivity contribution in [1.29, 1.82) is 0 Å². The maximum atomic E-state index is 13.5. The summed E-state index contributed by atoms with van der Waals surface area (Å²) >= 11 is 10.3. The Morgan fingerprint density at radius 3 is 2.71 bits per heavy atom. The molecule has 1 fully saturated rings. The van der Waals surface area contributed by atoms with E-state index in [4.69, 9.17) is 26.1 Å². The summed E-state index contributed by atoms with van der Waals surface area (Å²) in [4.78, 5) is 18.4. The highest BCUT2D eigenvalue weighted by atomic mass is 79.9. The van der Waals surface area contributed by atoms with E-state index in [-0.39, 0.29) is 17.6 Å². The maximum absolute atomic E-state index is 13.5. The Labute approximate surface area is 219 Å². The van der Waals surface area contributed by atoms with Crippen molar-refractivity contribution in [3.63, 3.8) is 0 Å². The maximum Gasteiger partial charge on any atom is 0.282 e. The average molecular weight is 561 g/mol. The molecule has 1 atom stereocenters. The molecular weight excluding hydrogens is 530 g/mol. The highest BCUT2D eigenvalue weighted by Gasteiger charge is 2.23. The molecule has 3 aromatic rings. The minimum Gasteiger partial charge on any atom is -0.490 e. The first-order chi connectivity index (χ1) is 16.9. The zero-order chi connectivity index (χ0) is 24.9. The third-order valence-electron chi connectivity index (χ3n) is 6.41. The molecule has 0 unspecified atom stereocenters. The standard InChI is InChI=1S/C27H31BrClN3O3/c1-4-17(3)35-25-22(34-5-2)15-19(23(28)24(25)29)16-30-32-26(18-11-7-6-8-12-18)31-21-14-10-9-13-20(21)27(32)33/h9-10,13-18H,4-8,11-12H2,1-3H3/t17-/m1/s1. The molecule has 0 N–H and O–H groups in total. The molecule has 8 heteroatoms. The van der Waals surface area contributed by atoms with E-state index in [0.29, 0.717) is 49.9 Å². The van der Waals surface area contributed by atoms with Gasteiger partial charge in [0.25, 0.3) is 5.56 Å². The fourth-order valence-electron chi connectivity index (χ4n) is 4.35. The van der Waals surface area contributed by atoms with Gasteiger partial charge in [-0.2, -0.15) is 9.78 Å². The highest BCUT2D eigenvalue weighted by Crippen LogP contribution is 2.43. The van der Waals surface area contributed by atoms with Crippen LogP contribution in [0.25, 0.3) is 10.9 Å². The Morgan fingerprint density at radius 1 is 1.26 bits per heavy atom. The Morgan fingerprint density at radius 2 is 2.00 bits per heavy atom. The normalized spacial score (nSPS) is 15.6. The van der Waals surface area contributed by atoms with Crippen LogP contribution in [0.4, 0.5) is 0 Å². The van der Waals surface area contributed by atoms with Crippen molar-refractivity contribution in [2.24, 2.45) is 5.10 Å². The zero-order valence-electron chi connectivity index (χ0n) is 20.4. The van der Waals surface area contributed by atoms with Crippen molar-refractivity contribution < 1.29 is 9.47 Å². The molecule has 2 aromatic carbocycles. The predicted molar refractivity (Wildman–Crippen MR) is 146 cm³/mol. The highest BCUT2D eigenvalue weighted by molar-refractivity contribution is 9.10. The zero-order valence-corrected chi connectivity index (χ0v) is 22.7. The van der Waals surface area contributed by atoms with Gasteiger partial charge in [0.2, 0.25) is 0 Å². The van der Waals surface area contributed by atoms with Crippen molar-refractivity contribution in [1.82, 2.24) is 9.66 Å². The second kappa shape index (κ2) is 11.6. The van der Waals surface area contributed by atoms with Gasteiger partial charge in [0.05, 0.1) is 29.8 Å². The lowest BCUT2D eigenvalue weighted by Gasteiger charge is -2.23. The van der Waals surface area contributed by atoms with Crippen molar-refractivity contribution in [3.05, 3.63) is 61.6 Å². The minimum absolute atomic E-state index is 0.0153. The van der Waals surface area contributed by atoms with Crippen LogP contribution in [0.3, 0.4) is 0 Å². The van der Waals surface area contributed by atoms with Gasteiger partial charge in [-0.05, 0) is 67.2 Å². The summed E-state index contributed by atoms with van der Waals surface area (Å²) < 4.78 is 14.0. The van der Waals surface area contributed by atoms with Crippen LogP contribution in [0.1, 0.15) is 76.6 Å². The number of halogens is 2. The molecule has 0 amide bonds.